The van der Waals surface area contributed by atoms with E-state index in [0.29, 0.717) is 11.1 Å². The standard InChI is InChI=1S/C9H8O2/c1-7-4-3-5-8(6-7)9(10)11-2/h1,3-6H,2H3. The molecule has 0 unspecified atom stereocenters. The summed E-state index contributed by atoms with van der Waals surface area (Å²) in [6, 6.07) is 0. The third-order valence-corrected chi connectivity index (χ3v) is 1.31. The van der Waals surface area contributed by atoms with Crippen molar-refractivity contribution in [1.82, 2.24) is 0 Å². The first-order valence-corrected chi connectivity index (χ1v) is 3.18. The minimum atomic E-state index is -0.364. The van der Waals surface area contributed by atoms with Gasteiger partial charge in [-0.05, 0) is 18.6 Å². The van der Waals surface area contributed by atoms with E-state index in [-0.39, 0.29) is 5.97 Å². The molecule has 0 saturated heterocycles. The second-order valence-electron chi connectivity index (χ2n) is 2.12. The van der Waals surface area contributed by atoms with Crippen LogP contribution in [-0.2, 0) is 9.53 Å². The van der Waals surface area contributed by atoms with Gasteiger partial charge in [-0.25, -0.2) is 4.79 Å². The van der Waals surface area contributed by atoms with E-state index in [0.717, 1.165) is 0 Å². The molecule has 0 aromatic carbocycles. The number of hydrogen-bond donors (Lipinski definition) is 0. The maximum atomic E-state index is 10.9. The van der Waals surface area contributed by atoms with Gasteiger partial charge in [-0.15, -0.1) is 0 Å². The number of ether oxygens (including phenoxy) is 1. The average molecular weight is 148 g/mol. The fourth-order valence-electron chi connectivity index (χ4n) is 0.783. The molecule has 0 heterocycles. The van der Waals surface area contributed by atoms with E-state index < -0.39 is 0 Å². The normalized spacial score (nSPS) is 15.3. The molecule has 0 saturated carbocycles. The van der Waals surface area contributed by atoms with Crippen LogP contribution in [0.3, 0.4) is 0 Å². The lowest BCUT2D eigenvalue weighted by Gasteiger charge is -2.04. The van der Waals surface area contributed by atoms with E-state index in [2.05, 4.69) is 4.74 Å². The maximum Gasteiger partial charge on any atom is 0.337 e. The summed E-state index contributed by atoms with van der Waals surface area (Å²) in [5.74, 6) is -0.364. The van der Waals surface area contributed by atoms with Crippen LogP contribution in [0, 0.1) is 13.0 Å². The van der Waals surface area contributed by atoms with Crippen molar-refractivity contribution in [2.45, 2.75) is 0 Å². The highest BCUT2D eigenvalue weighted by atomic mass is 16.5. The second-order valence-corrected chi connectivity index (χ2v) is 2.12. The molecule has 0 aliphatic heterocycles. The first kappa shape index (κ1) is 7.58. The molecule has 0 aromatic rings. The topological polar surface area (TPSA) is 26.3 Å². The molecular weight excluding hydrogens is 140 g/mol. The van der Waals surface area contributed by atoms with Crippen LogP contribution in [0.4, 0.5) is 0 Å². The van der Waals surface area contributed by atoms with Crippen molar-refractivity contribution in [3.05, 3.63) is 42.4 Å². The Kier molecular flexibility index (Phi) is 2.09. The number of hydrogen-bond acceptors (Lipinski definition) is 2. The molecule has 0 aromatic heterocycles. The maximum absolute atomic E-state index is 10.9. The lowest BCUT2D eigenvalue weighted by Crippen LogP contribution is -2.04. The Hall–Kier alpha value is -1.53. The molecule has 1 rings (SSSR count). The van der Waals surface area contributed by atoms with Crippen LogP contribution in [-0.4, -0.2) is 13.1 Å². The summed E-state index contributed by atoms with van der Waals surface area (Å²) >= 11 is 0. The van der Waals surface area contributed by atoms with E-state index in [4.69, 9.17) is 6.58 Å². The molecule has 0 fully saturated rings. The zero-order valence-electron chi connectivity index (χ0n) is 6.20. The van der Waals surface area contributed by atoms with Crippen LogP contribution in [0.5, 0.6) is 0 Å². The van der Waals surface area contributed by atoms with Gasteiger partial charge in [0.1, 0.15) is 0 Å². The summed E-state index contributed by atoms with van der Waals surface area (Å²) in [6.45, 7) is 5.44. The van der Waals surface area contributed by atoms with Crippen LogP contribution in [0.2, 0.25) is 0 Å². The first-order chi connectivity index (χ1) is 5.24. The first-order valence-electron chi connectivity index (χ1n) is 3.18. The molecule has 0 spiro atoms. The molecule has 1 aliphatic carbocycles. The van der Waals surface area contributed by atoms with Gasteiger partial charge in [-0.1, -0.05) is 6.08 Å². The fourth-order valence-corrected chi connectivity index (χ4v) is 0.783. The second kappa shape index (κ2) is 3.04. The van der Waals surface area contributed by atoms with Crippen molar-refractivity contribution < 1.29 is 9.53 Å². The molecule has 11 heavy (non-hydrogen) atoms. The van der Waals surface area contributed by atoms with Gasteiger partial charge in [0.2, 0.25) is 0 Å². The molecule has 0 N–H and O–H groups in total. The molecule has 2 nitrogen and oxygen atoms in total. The molecule has 1 aliphatic rings. The van der Waals surface area contributed by atoms with Crippen LogP contribution in [0.15, 0.2) is 29.4 Å². The Bertz CT molecular complexity index is 246. The minimum Gasteiger partial charge on any atom is -0.465 e. The number of carbonyl (C=O) groups excluding carboxylic acids is 1. The van der Waals surface area contributed by atoms with Crippen LogP contribution in [0.1, 0.15) is 0 Å². The Labute approximate surface area is 65.9 Å². The van der Waals surface area contributed by atoms with Crippen molar-refractivity contribution in [3.63, 3.8) is 0 Å². The lowest BCUT2D eigenvalue weighted by atomic mass is 10.0. The number of methoxy groups -OCH3 is 1. The highest BCUT2D eigenvalue weighted by molar-refractivity contribution is 5.92. The largest absolute Gasteiger partial charge is 0.465 e. The van der Waals surface area contributed by atoms with Crippen LogP contribution < -0.4 is 0 Å². The van der Waals surface area contributed by atoms with Gasteiger partial charge in [-0.3, -0.25) is 0 Å². The molecule has 0 radical (unpaired) electrons. The summed E-state index contributed by atoms with van der Waals surface area (Å²) in [5, 5.41) is 0. The zero-order chi connectivity index (χ0) is 8.27. The van der Waals surface area contributed by atoms with Gasteiger partial charge in [-0.2, -0.15) is 6.58 Å². The predicted octanol–water partition coefficient (Wildman–Crippen LogP) is 1.22. The van der Waals surface area contributed by atoms with Gasteiger partial charge >= 0.3 is 5.97 Å². The monoisotopic (exact) mass is 148 g/mol. The molecule has 0 bridgehead atoms. The van der Waals surface area contributed by atoms with E-state index in [9.17, 15) is 4.79 Å². The number of rotatable bonds is 1. The highest BCUT2D eigenvalue weighted by Crippen LogP contribution is 2.13. The van der Waals surface area contributed by atoms with Crippen molar-refractivity contribution in [1.29, 1.82) is 0 Å². The highest BCUT2D eigenvalue weighted by Gasteiger charge is 2.08. The zero-order valence-corrected chi connectivity index (χ0v) is 6.20. The minimum absolute atomic E-state index is 0.364. The van der Waals surface area contributed by atoms with Crippen molar-refractivity contribution in [2.75, 3.05) is 7.11 Å². The SMILES string of the molecule is [CH+]=C1C=C(C(=O)OC)C=C[CH-]1. The van der Waals surface area contributed by atoms with E-state index in [1.807, 2.05) is 0 Å². The molecule has 56 valence electrons. The fraction of sp³-hybridized carbons (Fsp3) is 0.111. The van der Waals surface area contributed by atoms with Gasteiger partial charge in [0, 0.05) is 5.57 Å². The average Bonchev–Trinajstić information content (AvgIpc) is 2.03. The molecule has 0 amide bonds. The van der Waals surface area contributed by atoms with Gasteiger partial charge < -0.3 is 4.74 Å². The van der Waals surface area contributed by atoms with Crippen molar-refractivity contribution >= 4 is 5.97 Å². The van der Waals surface area contributed by atoms with E-state index in [1.165, 1.54) is 7.11 Å². The summed E-state index contributed by atoms with van der Waals surface area (Å²) in [7, 11) is 1.34. The van der Waals surface area contributed by atoms with Gasteiger partial charge in [0.15, 0.2) is 0 Å². The third kappa shape index (κ3) is 1.69. The number of esters is 1. The van der Waals surface area contributed by atoms with Crippen molar-refractivity contribution in [2.24, 2.45) is 0 Å². The van der Waals surface area contributed by atoms with Crippen LogP contribution >= 0.6 is 0 Å². The summed E-state index contributed by atoms with van der Waals surface area (Å²) in [4.78, 5) is 10.9. The molecular formula is C9H8O2. The number of allylic oxidation sites excluding steroid dienone is 3. The lowest BCUT2D eigenvalue weighted by molar-refractivity contribution is -0.135. The number of carbonyl (C=O) groups is 1. The Balaban J connectivity index is 2.79. The Morgan fingerprint density at radius 1 is 1.73 bits per heavy atom. The van der Waals surface area contributed by atoms with Crippen LogP contribution in [0.25, 0.3) is 0 Å². The Morgan fingerprint density at radius 2 is 2.45 bits per heavy atom. The molecule has 2 heteroatoms. The van der Waals surface area contributed by atoms with E-state index >= 15 is 0 Å². The predicted molar refractivity (Wildman–Crippen MR) is 41.4 cm³/mol. The van der Waals surface area contributed by atoms with Gasteiger partial charge in [0.05, 0.1) is 12.7 Å². The van der Waals surface area contributed by atoms with Gasteiger partial charge in [0.25, 0.3) is 0 Å². The smallest absolute Gasteiger partial charge is 0.337 e. The summed E-state index contributed by atoms with van der Waals surface area (Å²) < 4.78 is 4.50. The quantitative estimate of drug-likeness (QED) is 0.413. The van der Waals surface area contributed by atoms with Crippen molar-refractivity contribution in [3.8, 4) is 0 Å². The molecule has 0 atom stereocenters. The summed E-state index contributed by atoms with van der Waals surface area (Å²) in [6.07, 6.45) is 6.65. The van der Waals surface area contributed by atoms with E-state index in [1.54, 1.807) is 24.6 Å². The summed E-state index contributed by atoms with van der Waals surface area (Å²) in [5.41, 5.74) is 1.04. The third-order valence-electron chi connectivity index (χ3n) is 1.31. The Morgan fingerprint density at radius 3 is 3.00 bits per heavy atom.